The molecule has 3 fully saturated rings. The number of ether oxygens (including phenoxy) is 1. The van der Waals surface area contributed by atoms with Crippen LogP contribution in [-0.4, -0.2) is 53.2 Å². The van der Waals surface area contributed by atoms with E-state index in [0.717, 1.165) is 43.4 Å². The summed E-state index contributed by atoms with van der Waals surface area (Å²) in [5, 5.41) is 16.4. The third-order valence-corrected chi connectivity index (χ3v) is 7.84. The van der Waals surface area contributed by atoms with E-state index < -0.39 is 11.6 Å². The molecule has 1 aromatic rings. The number of likely N-dealkylation sites (tertiary alicyclic amines) is 1. The summed E-state index contributed by atoms with van der Waals surface area (Å²) in [4.78, 5) is 29.3. The van der Waals surface area contributed by atoms with Gasteiger partial charge in [-0.2, -0.15) is 0 Å². The molecule has 1 saturated carbocycles. The van der Waals surface area contributed by atoms with Crippen LogP contribution in [0.4, 0.5) is 0 Å². The van der Waals surface area contributed by atoms with Crippen molar-refractivity contribution in [1.82, 2.24) is 10.2 Å². The molecule has 7 heteroatoms. The Labute approximate surface area is 176 Å². The zero-order chi connectivity index (χ0) is 20.4. The van der Waals surface area contributed by atoms with E-state index in [1.807, 2.05) is 22.4 Å². The van der Waals surface area contributed by atoms with Crippen LogP contribution in [0, 0.1) is 11.8 Å². The standard InChI is InChI=1S/C22H32N2O4S/c1-22(27)10-11-24(21(26)16-8-12-28-13-9-16)18(17-7-4-14-29-17)19(22)23-20(25)15-5-2-3-6-15/h4,7,14-16,18-19,27H,2-3,5-6,8-13H2,1H3,(H,23,25). The molecule has 160 valence electrons. The number of aliphatic hydroxyl groups is 1. The van der Waals surface area contributed by atoms with E-state index in [-0.39, 0.29) is 29.7 Å². The molecule has 0 radical (unpaired) electrons. The van der Waals surface area contributed by atoms with Crippen LogP contribution < -0.4 is 5.32 Å². The number of hydrogen-bond acceptors (Lipinski definition) is 5. The first kappa shape index (κ1) is 20.8. The van der Waals surface area contributed by atoms with Crippen molar-refractivity contribution in [3.8, 4) is 0 Å². The van der Waals surface area contributed by atoms with E-state index in [4.69, 9.17) is 4.74 Å². The van der Waals surface area contributed by atoms with E-state index in [2.05, 4.69) is 5.32 Å². The Morgan fingerprint density at radius 3 is 2.59 bits per heavy atom. The van der Waals surface area contributed by atoms with Crippen molar-refractivity contribution in [1.29, 1.82) is 0 Å². The number of carbonyl (C=O) groups excluding carboxylic acids is 2. The Bertz CT molecular complexity index is 708. The second-order valence-corrected chi connectivity index (χ2v) is 9.93. The Hall–Kier alpha value is -1.44. The molecule has 2 N–H and O–H groups in total. The summed E-state index contributed by atoms with van der Waals surface area (Å²) in [6, 6.07) is 3.14. The van der Waals surface area contributed by atoms with Crippen molar-refractivity contribution in [2.45, 2.75) is 69.6 Å². The van der Waals surface area contributed by atoms with Crippen LogP contribution in [0.3, 0.4) is 0 Å². The maximum absolute atomic E-state index is 13.4. The lowest BCUT2D eigenvalue weighted by Crippen LogP contribution is -2.64. The molecule has 0 bridgehead atoms. The lowest BCUT2D eigenvalue weighted by atomic mass is 9.80. The molecule has 2 amide bonds. The Morgan fingerprint density at radius 2 is 1.93 bits per heavy atom. The average molecular weight is 421 g/mol. The van der Waals surface area contributed by atoms with E-state index in [0.29, 0.717) is 26.2 Å². The highest BCUT2D eigenvalue weighted by Gasteiger charge is 2.49. The van der Waals surface area contributed by atoms with Crippen molar-refractivity contribution in [2.75, 3.05) is 19.8 Å². The van der Waals surface area contributed by atoms with Crippen LogP contribution in [0.25, 0.3) is 0 Å². The maximum Gasteiger partial charge on any atom is 0.226 e. The molecule has 1 aromatic heterocycles. The molecule has 0 spiro atoms. The summed E-state index contributed by atoms with van der Waals surface area (Å²) in [5.41, 5.74) is -1.06. The van der Waals surface area contributed by atoms with Crippen molar-refractivity contribution in [2.24, 2.45) is 11.8 Å². The van der Waals surface area contributed by atoms with Gasteiger partial charge in [-0.3, -0.25) is 9.59 Å². The van der Waals surface area contributed by atoms with Crippen molar-refractivity contribution >= 4 is 23.2 Å². The molecule has 3 unspecified atom stereocenters. The monoisotopic (exact) mass is 420 g/mol. The molecule has 2 aliphatic heterocycles. The molecule has 2 saturated heterocycles. The zero-order valence-corrected chi connectivity index (χ0v) is 18.0. The fraction of sp³-hybridized carbons (Fsp3) is 0.727. The molecule has 0 aromatic carbocycles. The van der Waals surface area contributed by atoms with Gasteiger partial charge in [0.25, 0.3) is 0 Å². The van der Waals surface area contributed by atoms with Gasteiger partial charge in [-0.25, -0.2) is 0 Å². The summed E-state index contributed by atoms with van der Waals surface area (Å²) in [5.74, 6) is 0.133. The number of piperidine rings is 1. The Morgan fingerprint density at radius 1 is 1.21 bits per heavy atom. The largest absolute Gasteiger partial charge is 0.388 e. The second kappa shape index (κ2) is 8.74. The van der Waals surface area contributed by atoms with Gasteiger partial charge in [-0.1, -0.05) is 18.9 Å². The molecule has 6 nitrogen and oxygen atoms in total. The number of hydrogen-bond donors (Lipinski definition) is 2. The summed E-state index contributed by atoms with van der Waals surface area (Å²) in [6.07, 6.45) is 5.93. The number of amides is 2. The first-order valence-electron chi connectivity index (χ1n) is 10.9. The summed E-state index contributed by atoms with van der Waals surface area (Å²) < 4.78 is 5.43. The normalized spacial score (nSPS) is 31.7. The zero-order valence-electron chi connectivity index (χ0n) is 17.1. The predicted molar refractivity (Wildman–Crippen MR) is 111 cm³/mol. The van der Waals surface area contributed by atoms with Gasteiger partial charge in [-0.15, -0.1) is 11.3 Å². The van der Waals surface area contributed by atoms with Crippen LogP contribution in [0.15, 0.2) is 17.5 Å². The Balaban J connectivity index is 1.61. The van der Waals surface area contributed by atoms with E-state index in [9.17, 15) is 14.7 Å². The van der Waals surface area contributed by atoms with Gasteiger partial charge in [0, 0.05) is 36.5 Å². The number of thiophene rings is 1. The number of nitrogens with one attached hydrogen (secondary N) is 1. The SMILES string of the molecule is CC1(O)CCN(C(=O)C2CCOCC2)C(c2cccs2)C1NC(=O)C1CCCC1. The van der Waals surface area contributed by atoms with Gasteiger partial charge in [0.05, 0.1) is 17.7 Å². The third-order valence-electron chi connectivity index (χ3n) is 6.89. The maximum atomic E-state index is 13.4. The fourth-order valence-corrected chi connectivity index (χ4v) is 5.93. The van der Waals surface area contributed by atoms with Crippen LogP contribution in [-0.2, 0) is 14.3 Å². The van der Waals surface area contributed by atoms with E-state index in [1.54, 1.807) is 18.3 Å². The second-order valence-electron chi connectivity index (χ2n) is 8.95. The van der Waals surface area contributed by atoms with Crippen LogP contribution in [0.1, 0.15) is 62.8 Å². The van der Waals surface area contributed by atoms with Crippen LogP contribution in [0.5, 0.6) is 0 Å². The highest BCUT2D eigenvalue weighted by molar-refractivity contribution is 7.10. The minimum absolute atomic E-state index is 0.0229. The third kappa shape index (κ3) is 4.37. The van der Waals surface area contributed by atoms with E-state index in [1.165, 1.54) is 0 Å². The Kier molecular flexibility index (Phi) is 6.27. The first-order valence-corrected chi connectivity index (χ1v) is 11.8. The van der Waals surface area contributed by atoms with Gasteiger partial charge < -0.3 is 20.1 Å². The minimum Gasteiger partial charge on any atom is -0.388 e. The summed E-state index contributed by atoms with van der Waals surface area (Å²) in [6.45, 7) is 3.53. The summed E-state index contributed by atoms with van der Waals surface area (Å²) in [7, 11) is 0. The topological polar surface area (TPSA) is 78.9 Å². The number of carbonyl (C=O) groups is 2. The predicted octanol–water partition coefficient (Wildman–Crippen LogP) is 2.87. The number of nitrogens with zero attached hydrogens (tertiary/aromatic N) is 1. The molecule has 29 heavy (non-hydrogen) atoms. The lowest BCUT2D eigenvalue weighted by Gasteiger charge is -2.49. The van der Waals surface area contributed by atoms with Crippen LogP contribution in [0.2, 0.25) is 0 Å². The van der Waals surface area contributed by atoms with Crippen molar-refractivity contribution < 1.29 is 19.4 Å². The molecule has 4 rings (SSSR count). The minimum atomic E-state index is -1.06. The molecule has 3 heterocycles. The smallest absolute Gasteiger partial charge is 0.226 e. The van der Waals surface area contributed by atoms with Gasteiger partial charge in [0.15, 0.2) is 0 Å². The van der Waals surface area contributed by atoms with Gasteiger partial charge in [-0.05, 0) is 50.5 Å². The molecule has 1 aliphatic carbocycles. The average Bonchev–Trinajstić information content (AvgIpc) is 3.43. The molecular weight excluding hydrogens is 388 g/mol. The highest BCUT2D eigenvalue weighted by Crippen LogP contribution is 2.40. The summed E-state index contributed by atoms with van der Waals surface area (Å²) >= 11 is 1.58. The lowest BCUT2D eigenvalue weighted by molar-refractivity contribution is -0.152. The quantitative estimate of drug-likeness (QED) is 0.785. The molecule has 3 aliphatic rings. The van der Waals surface area contributed by atoms with Crippen molar-refractivity contribution in [3.05, 3.63) is 22.4 Å². The number of rotatable bonds is 4. The van der Waals surface area contributed by atoms with Crippen LogP contribution >= 0.6 is 11.3 Å². The van der Waals surface area contributed by atoms with E-state index >= 15 is 0 Å². The van der Waals surface area contributed by atoms with Crippen molar-refractivity contribution in [3.63, 3.8) is 0 Å². The van der Waals surface area contributed by atoms with Gasteiger partial charge in [0.1, 0.15) is 0 Å². The molecule has 3 atom stereocenters. The van der Waals surface area contributed by atoms with Gasteiger partial charge >= 0.3 is 0 Å². The first-order chi connectivity index (χ1) is 14.0. The van der Waals surface area contributed by atoms with Gasteiger partial charge in [0.2, 0.25) is 11.8 Å². The fourth-order valence-electron chi connectivity index (χ4n) is 5.06. The molecular formula is C22H32N2O4S. The highest BCUT2D eigenvalue weighted by atomic mass is 32.1.